The number of carbonyl (C=O) groups excluding carboxylic acids is 1. The number of aromatic nitrogens is 2. The van der Waals surface area contributed by atoms with Crippen molar-refractivity contribution in [2.24, 2.45) is 5.92 Å². The molecule has 0 spiro atoms. The first kappa shape index (κ1) is 13.1. The van der Waals surface area contributed by atoms with Gasteiger partial charge in [0.05, 0.1) is 5.69 Å². The van der Waals surface area contributed by atoms with E-state index in [1.165, 1.54) is 12.8 Å². The monoisotopic (exact) mass is 250 g/mol. The summed E-state index contributed by atoms with van der Waals surface area (Å²) in [6.45, 7) is 7.49. The van der Waals surface area contributed by atoms with Gasteiger partial charge in [0.1, 0.15) is 5.69 Å². The Kier molecular flexibility index (Phi) is 4.36. The Morgan fingerprint density at radius 3 is 3.17 bits per heavy atom. The molecule has 2 heterocycles. The maximum atomic E-state index is 12.1. The van der Waals surface area contributed by atoms with Crippen molar-refractivity contribution in [3.05, 3.63) is 17.5 Å². The second-order valence-electron chi connectivity index (χ2n) is 4.91. The Bertz CT molecular complexity index is 407. The highest BCUT2D eigenvalue weighted by Crippen LogP contribution is 2.09. The lowest BCUT2D eigenvalue weighted by Crippen LogP contribution is -2.38. The first-order valence-corrected chi connectivity index (χ1v) is 6.74. The fraction of sp³-hybridized carbons (Fsp3) is 0.692. The molecule has 1 amide bonds. The SMILES string of the molecule is CCn1nc(C)cc1C(=O)NCC1CCCNC1. The maximum Gasteiger partial charge on any atom is 0.269 e. The van der Waals surface area contributed by atoms with Gasteiger partial charge in [-0.3, -0.25) is 9.48 Å². The molecular formula is C13H22N4O. The van der Waals surface area contributed by atoms with Gasteiger partial charge in [0.15, 0.2) is 0 Å². The largest absolute Gasteiger partial charge is 0.350 e. The number of hydrogen-bond acceptors (Lipinski definition) is 3. The van der Waals surface area contributed by atoms with Crippen molar-refractivity contribution < 1.29 is 4.79 Å². The minimum atomic E-state index is -0.0111. The Hall–Kier alpha value is -1.36. The van der Waals surface area contributed by atoms with Crippen LogP contribution in [-0.4, -0.2) is 35.3 Å². The quantitative estimate of drug-likeness (QED) is 0.836. The van der Waals surface area contributed by atoms with Crippen LogP contribution in [0.15, 0.2) is 6.07 Å². The van der Waals surface area contributed by atoms with Crippen LogP contribution in [0, 0.1) is 12.8 Å². The van der Waals surface area contributed by atoms with Gasteiger partial charge in [-0.2, -0.15) is 5.10 Å². The van der Waals surface area contributed by atoms with Gasteiger partial charge in [0.2, 0.25) is 0 Å². The van der Waals surface area contributed by atoms with Gasteiger partial charge in [-0.05, 0) is 51.8 Å². The fourth-order valence-electron chi connectivity index (χ4n) is 2.40. The highest BCUT2D eigenvalue weighted by atomic mass is 16.2. The first-order chi connectivity index (χ1) is 8.70. The van der Waals surface area contributed by atoms with E-state index < -0.39 is 0 Å². The third kappa shape index (κ3) is 3.10. The number of nitrogens with zero attached hydrogens (tertiary/aromatic N) is 2. The molecule has 5 nitrogen and oxygen atoms in total. The van der Waals surface area contributed by atoms with Crippen LogP contribution in [0.25, 0.3) is 0 Å². The Balaban J connectivity index is 1.90. The smallest absolute Gasteiger partial charge is 0.269 e. The van der Waals surface area contributed by atoms with Crippen LogP contribution >= 0.6 is 0 Å². The molecule has 0 aliphatic carbocycles. The second-order valence-corrected chi connectivity index (χ2v) is 4.91. The van der Waals surface area contributed by atoms with Crippen molar-refractivity contribution in [2.45, 2.75) is 33.2 Å². The molecule has 0 aromatic carbocycles. The summed E-state index contributed by atoms with van der Waals surface area (Å²) in [4.78, 5) is 12.1. The van der Waals surface area contributed by atoms with E-state index in [1.54, 1.807) is 4.68 Å². The Morgan fingerprint density at radius 2 is 2.50 bits per heavy atom. The van der Waals surface area contributed by atoms with Crippen LogP contribution < -0.4 is 10.6 Å². The van der Waals surface area contributed by atoms with Crippen molar-refractivity contribution in [3.8, 4) is 0 Å². The van der Waals surface area contributed by atoms with E-state index in [0.29, 0.717) is 11.6 Å². The molecule has 0 saturated carbocycles. The number of nitrogens with one attached hydrogen (secondary N) is 2. The molecule has 2 N–H and O–H groups in total. The van der Waals surface area contributed by atoms with E-state index in [9.17, 15) is 4.79 Å². The van der Waals surface area contributed by atoms with E-state index in [4.69, 9.17) is 0 Å². The van der Waals surface area contributed by atoms with Crippen LogP contribution in [0.2, 0.25) is 0 Å². The first-order valence-electron chi connectivity index (χ1n) is 6.74. The summed E-state index contributed by atoms with van der Waals surface area (Å²) < 4.78 is 1.75. The van der Waals surface area contributed by atoms with E-state index in [-0.39, 0.29) is 5.91 Å². The van der Waals surface area contributed by atoms with Gasteiger partial charge in [-0.25, -0.2) is 0 Å². The zero-order valence-corrected chi connectivity index (χ0v) is 11.2. The topological polar surface area (TPSA) is 59.0 Å². The normalized spacial score (nSPS) is 19.8. The number of carbonyl (C=O) groups is 1. The van der Waals surface area contributed by atoms with Gasteiger partial charge in [0.25, 0.3) is 5.91 Å². The molecule has 1 aliphatic rings. The van der Waals surface area contributed by atoms with Crippen molar-refractivity contribution in [3.63, 3.8) is 0 Å². The van der Waals surface area contributed by atoms with Crippen molar-refractivity contribution in [1.29, 1.82) is 0 Å². The molecule has 0 radical (unpaired) electrons. The molecule has 0 bridgehead atoms. The Labute approximate surface area is 108 Å². The number of piperidine rings is 1. The van der Waals surface area contributed by atoms with Crippen LogP contribution in [0.5, 0.6) is 0 Å². The van der Waals surface area contributed by atoms with E-state index in [0.717, 1.165) is 31.9 Å². The summed E-state index contributed by atoms with van der Waals surface area (Å²) in [6.07, 6.45) is 2.39. The minimum Gasteiger partial charge on any atom is -0.350 e. The molecule has 100 valence electrons. The molecule has 1 aliphatic heterocycles. The summed E-state index contributed by atoms with van der Waals surface area (Å²) in [6, 6.07) is 1.85. The lowest BCUT2D eigenvalue weighted by Gasteiger charge is -2.22. The number of aryl methyl sites for hydroxylation is 2. The van der Waals surface area contributed by atoms with Gasteiger partial charge in [-0.15, -0.1) is 0 Å². The molecule has 1 aromatic heterocycles. The lowest BCUT2D eigenvalue weighted by atomic mass is 10.00. The van der Waals surface area contributed by atoms with Crippen LogP contribution in [0.1, 0.15) is 35.9 Å². The zero-order chi connectivity index (χ0) is 13.0. The van der Waals surface area contributed by atoms with Crippen molar-refractivity contribution in [1.82, 2.24) is 20.4 Å². The number of rotatable bonds is 4. The highest BCUT2D eigenvalue weighted by molar-refractivity contribution is 5.92. The van der Waals surface area contributed by atoms with Gasteiger partial charge in [0, 0.05) is 13.1 Å². The summed E-state index contributed by atoms with van der Waals surface area (Å²) >= 11 is 0. The maximum absolute atomic E-state index is 12.1. The standard InChI is InChI=1S/C13H22N4O/c1-3-17-12(7-10(2)16-17)13(18)15-9-11-5-4-6-14-8-11/h7,11,14H,3-6,8-9H2,1-2H3,(H,15,18). The molecule has 1 aromatic rings. The van der Waals surface area contributed by atoms with E-state index in [2.05, 4.69) is 15.7 Å². The number of hydrogen-bond donors (Lipinski definition) is 2. The average molecular weight is 250 g/mol. The van der Waals surface area contributed by atoms with Crippen molar-refractivity contribution in [2.75, 3.05) is 19.6 Å². The molecule has 1 fully saturated rings. The molecule has 1 unspecified atom stereocenters. The summed E-state index contributed by atoms with van der Waals surface area (Å²) in [5.74, 6) is 0.546. The van der Waals surface area contributed by atoms with Crippen molar-refractivity contribution >= 4 is 5.91 Å². The fourth-order valence-corrected chi connectivity index (χ4v) is 2.40. The van der Waals surface area contributed by atoms with Crippen LogP contribution in [-0.2, 0) is 6.54 Å². The van der Waals surface area contributed by atoms with E-state index >= 15 is 0 Å². The highest BCUT2D eigenvalue weighted by Gasteiger charge is 2.16. The molecule has 1 atom stereocenters. The summed E-state index contributed by atoms with van der Waals surface area (Å²) in [7, 11) is 0. The molecule has 18 heavy (non-hydrogen) atoms. The molecule has 5 heteroatoms. The summed E-state index contributed by atoms with van der Waals surface area (Å²) in [5.41, 5.74) is 1.56. The summed E-state index contributed by atoms with van der Waals surface area (Å²) in [5, 5.41) is 10.7. The predicted molar refractivity (Wildman–Crippen MR) is 70.6 cm³/mol. The van der Waals surface area contributed by atoms with Gasteiger partial charge in [-0.1, -0.05) is 0 Å². The molecule has 1 saturated heterocycles. The third-order valence-electron chi connectivity index (χ3n) is 3.38. The van der Waals surface area contributed by atoms with Gasteiger partial charge < -0.3 is 10.6 Å². The third-order valence-corrected chi connectivity index (χ3v) is 3.38. The second kappa shape index (κ2) is 6.00. The van der Waals surface area contributed by atoms with Crippen LogP contribution in [0.3, 0.4) is 0 Å². The van der Waals surface area contributed by atoms with E-state index in [1.807, 2.05) is 19.9 Å². The average Bonchev–Trinajstić information content (AvgIpc) is 2.78. The minimum absolute atomic E-state index is 0.0111. The zero-order valence-electron chi connectivity index (χ0n) is 11.2. The Morgan fingerprint density at radius 1 is 1.67 bits per heavy atom. The van der Waals surface area contributed by atoms with Gasteiger partial charge >= 0.3 is 0 Å². The predicted octanol–water partition coefficient (Wildman–Crippen LogP) is 0.941. The number of amides is 1. The molecule has 2 rings (SSSR count). The lowest BCUT2D eigenvalue weighted by molar-refractivity contribution is 0.0934. The van der Waals surface area contributed by atoms with Crippen LogP contribution in [0.4, 0.5) is 0 Å². The molecular weight excluding hydrogens is 228 g/mol.